The molecule has 4 nitrogen and oxygen atoms in total. The Bertz CT molecular complexity index is 1030. The molecule has 0 radical (unpaired) electrons. The lowest BCUT2D eigenvalue weighted by Gasteiger charge is -2.22. The minimum Gasteiger partial charge on any atom is -0.457 e. The quantitative estimate of drug-likeness (QED) is 0.245. The molecule has 2 rings (SSSR count). The second kappa shape index (κ2) is 12.2. The molecule has 0 spiro atoms. The molecule has 0 aliphatic heterocycles. The predicted molar refractivity (Wildman–Crippen MR) is 138 cm³/mol. The molecule has 0 atom stereocenters. The highest BCUT2D eigenvalue weighted by Gasteiger charge is 2.24. The van der Waals surface area contributed by atoms with Crippen LogP contribution in [0.3, 0.4) is 0 Å². The number of carbonyl (C=O) groups is 2. The summed E-state index contributed by atoms with van der Waals surface area (Å²) in [5.41, 5.74) is 1.49. The molecule has 2 aromatic rings. The van der Waals surface area contributed by atoms with Gasteiger partial charge in [-0.25, -0.2) is 9.59 Å². The van der Waals surface area contributed by atoms with Crippen molar-refractivity contribution in [3.63, 3.8) is 0 Å². The van der Waals surface area contributed by atoms with Crippen molar-refractivity contribution in [1.82, 2.24) is 0 Å². The van der Waals surface area contributed by atoms with Gasteiger partial charge in [-0.2, -0.15) is 0 Å². The molecule has 0 heterocycles. The fourth-order valence-electron chi connectivity index (χ4n) is 3.09. The molecule has 34 heavy (non-hydrogen) atoms. The number of rotatable bonds is 8. The molecule has 0 fully saturated rings. The summed E-state index contributed by atoms with van der Waals surface area (Å²) in [6.07, 6.45) is 8.64. The third kappa shape index (κ3) is 10.5. The molecular weight excluding hydrogens is 424 g/mol. The molecule has 0 N–H and O–H groups in total. The van der Waals surface area contributed by atoms with Gasteiger partial charge in [-0.3, -0.25) is 0 Å². The van der Waals surface area contributed by atoms with E-state index in [0.29, 0.717) is 5.57 Å². The smallest absolute Gasteiger partial charge is 0.339 e. The van der Waals surface area contributed by atoms with Gasteiger partial charge in [-0.15, -0.1) is 0 Å². The van der Waals surface area contributed by atoms with Crippen molar-refractivity contribution in [3.05, 3.63) is 101 Å². The summed E-state index contributed by atoms with van der Waals surface area (Å²) in [4.78, 5) is 25.8. The zero-order chi connectivity index (χ0) is 25.2. The normalized spacial score (nSPS) is 13.1. The van der Waals surface area contributed by atoms with E-state index in [0.717, 1.165) is 18.4 Å². The third-order valence-electron chi connectivity index (χ3n) is 4.46. The van der Waals surface area contributed by atoms with Gasteiger partial charge in [0.2, 0.25) is 0 Å². The zero-order valence-corrected chi connectivity index (χ0v) is 21.1. The van der Waals surface area contributed by atoms with Crippen LogP contribution in [0.15, 0.2) is 90.0 Å². The summed E-state index contributed by atoms with van der Waals surface area (Å²) < 4.78 is 11.1. The van der Waals surface area contributed by atoms with Crippen molar-refractivity contribution < 1.29 is 19.1 Å². The van der Waals surface area contributed by atoms with Crippen molar-refractivity contribution in [2.75, 3.05) is 0 Å². The summed E-state index contributed by atoms with van der Waals surface area (Å²) in [7, 11) is 0. The van der Waals surface area contributed by atoms with E-state index in [-0.39, 0.29) is 5.57 Å². The van der Waals surface area contributed by atoms with Crippen LogP contribution < -0.4 is 0 Å². The number of esters is 2. The Morgan fingerprint density at radius 2 is 1.35 bits per heavy atom. The molecule has 0 saturated heterocycles. The fourth-order valence-corrected chi connectivity index (χ4v) is 3.09. The van der Waals surface area contributed by atoms with Gasteiger partial charge in [0, 0.05) is 6.08 Å². The average molecular weight is 461 g/mol. The standard InChI is InChI=1S/C30H36O4/c1-29(2,3)33-27(31)22-26(28(32)34-30(4,5)6)25(21-24-18-11-8-12-19-24)20-14-13-17-23-15-9-7-10-16-23/h7-12,14-16,18-22H,13,17H2,1-6H3/b20-14-,25-21-,26-22-. The summed E-state index contributed by atoms with van der Waals surface area (Å²) in [5.74, 6) is -1.17. The maximum absolute atomic E-state index is 13.2. The largest absolute Gasteiger partial charge is 0.457 e. The van der Waals surface area contributed by atoms with Gasteiger partial charge in [0.1, 0.15) is 11.2 Å². The van der Waals surface area contributed by atoms with E-state index in [9.17, 15) is 9.59 Å². The van der Waals surface area contributed by atoms with Crippen molar-refractivity contribution in [2.24, 2.45) is 0 Å². The lowest BCUT2D eigenvalue weighted by molar-refractivity contribution is -0.152. The molecule has 0 aromatic heterocycles. The second-order valence-corrected chi connectivity index (χ2v) is 10.0. The van der Waals surface area contributed by atoms with E-state index in [2.05, 4.69) is 12.1 Å². The number of hydrogen-bond donors (Lipinski definition) is 0. The van der Waals surface area contributed by atoms with Crippen LogP contribution in [-0.2, 0) is 25.5 Å². The van der Waals surface area contributed by atoms with Gasteiger partial charge in [0.25, 0.3) is 0 Å². The van der Waals surface area contributed by atoms with Gasteiger partial charge in [0.15, 0.2) is 0 Å². The van der Waals surface area contributed by atoms with Crippen LogP contribution in [0.25, 0.3) is 6.08 Å². The Morgan fingerprint density at radius 3 is 1.91 bits per heavy atom. The second-order valence-electron chi connectivity index (χ2n) is 10.0. The van der Waals surface area contributed by atoms with Crippen LogP contribution in [0.5, 0.6) is 0 Å². The first kappa shape index (κ1) is 26.8. The summed E-state index contributed by atoms with van der Waals surface area (Å²) in [5, 5.41) is 0. The van der Waals surface area contributed by atoms with Crippen LogP contribution in [0, 0.1) is 0 Å². The van der Waals surface area contributed by atoms with E-state index >= 15 is 0 Å². The lowest BCUT2D eigenvalue weighted by Crippen LogP contribution is -2.27. The Kier molecular flexibility index (Phi) is 9.61. The minimum absolute atomic E-state index is 0.156. The first-order valence-electron chi connectivity index (χ1n) is 11.6. The van der Waals surface area contributed by atoms with Gasteiger partial charge in [-0.1, -0.05) is 72.8 Å². The average Bonchev–Trinajstić information content (AvgIpc) is 2.73. The number of ether oxygens (including phenoxy) is 2. The molecule has 0 aliphatic rings. The first-order chi connectivity index (χ1) is 15.9. The maximum Gasteiger partial charge on any atom is 0.339 e. The summed E-state index contributed by atoms with van der Waals surface area (Å²) in [6.45, 7) is 10.8. The summed E-state index contributed by atoms with van der Waals surface area (Å²) in [6, 6.07) is 19.9. The molecule has 4 heteroatoms. The Balaban J connectivity index is 2.44. The highest BCUT2D eigenvalue weighted by molar-refractivity contribution is 6.02. The number of allylic oxidation sites excluding steroid dienone is 2. The summed E-state index contributed by atoms with van der Waals surface area (Å²) >= 11 is 0. The first-order valence-corrected chi connectivity index (χ1v) is 11.6. The SMILES string of the molecule is CC(C)(C)OC(=O)/C=C(C(=O)OC(C)(C)C)/C(/C=C\CCc1ccccc1)=C\c1ccccc1. The minimum atomic E-state index is -0.709. The Hall–Kier alpha value is -3.40. The monoisotopic (exact) mass is 460 g/mol. The Labute approximate surface area is 204 Å². The van der Waals surface area contributed by atoms with Crippen LogP contribution >= 0.6 is 0 Å². The van der Waals surface area contributed by atoms with E-state index < -0.39 is 23.1 Å². The van der Waals surface area contributed by atoms with Crippen LogP contribution in [0.4, 0.5) is 0 Å². The number of carbonyl (C=O) groups excluding carboxylic acids is 2. The van der Waals surface area contributed by atoms with Gasteiger partial charge in [-0.05, 0) is 77.2 Å². The van der Waals surface area contributed by atoms with E-state index in [4.69, 9.17) is 9.47 Å². The fraction of sp³-hybridized carbons (Fsp3) is 0.333. The molecule has 180 valence electrons. The van der Waals surface area contributed by atoms with Gasteiger partial charge in [0.05, 0.1) is 5.57 Å². The van der Waals surface area contributed by atoms with Crippen molar-refractivity contribution in [1.29, 1.82) is 0 Å². The molecular formula is C30H36O4. The number of hydrogen-bond acceptors (Lipinski definition) is 4. The lowest BCUT2D eigenvalue weighted by atomic mass is 10.00. The predicted octanol–water partition coefficient (Wildman–Crippen LogP) is 6.87. The molecule has 0 aliphatic carbocycles. The molecule has 2 aromatic carbocycles. The highest BCUT2D eigenvalue weighted by Crippen LogP contribution is 2.22. The van der Waals surface area contributed by atoms with Crippen molar-refractivity contribution in [3.8, 4) is 0 Å². The van der Waals surface area contributed by atoms with Gasteiger partial charge < -0.3 is 9.47 Å². The van der Waals surface area contributed by atoms with Crippen molar-refractivity contribution in [2.45, 2.75) is 65.6 Å². The topological polar surface area (TPSA) is 52.6 Å². The van der Waals surface area contributed by atoms with Crippen LogP contribution in [0.1, 0.15) is 59.1 Å². The van der Waals surface area contributed by atoms with Gasteiger partial charge >= 0.3 is 11.9 Å². The van der Waals surface area contributed by atoms with E-state index in [1.165, 1.54) is 11.6 Å². The zero-order valence-electron chi connectivity index (χ0n) is 21.1. The molecule has 0 unspecified atom stereocenters. The van der Waals surface area contributed by atoms with Crippen LogP contribution in [-0.4, -0.2) is 23.1 Å². The maximum atomic E-state index is 13.2. The molecule has 0 amide bonds. The third-order valence-corrected chi connectivity index (χ3v) is 4.46. The molecule has 0 saturated carbocycles. The highest BCUT2D eigenvalue weighted by atomic mass is 16.6. The number of aryl methyl sites for hydroxylation is 1. The van der Waals surface area contributed by atoms with Crippen molar-refractivity contribution >= 4 is 18.0 Å². The van der Waals surface area contributed by atoms with Crippen LogP contribution in [0.2, 0.25) is 0 Å². The number of benzene rings is 2. The van der Waals surface area contributed by atoms with E-state index in [1.54, 1.807) is 41.5 Å². The Morgan fingerprint density at radius 1 is 0.794 bits per heavy atom. The van der Waals surface area contributed by atoms with E-state index in [1.807, 2.05) is 66.8 Å². The molecule has 0 bridgehead atoms.